The highest BCUT2D eigenvalue weighted by molar-refractivity contribution is 7.11. The van der Waals surface area contributed by atoms with Crippen LogP contribution in [0.25, 0.3) is 0 Å². The van der Waals surface area contributed by atoms with Gasteiger partial charge in [0.2, 0.25) is 0 Å². The lowest BCUT2D eigenvalue weighted by Crippen LogP contribution is -2.16. The molecule has 2 heterocycles. The average Bonchev–Trinajstić information content (AvgIpc) is 2.88. The zero-order chi connectivity index (χ0) is 12.3. The summed E-state index contributed by atoms with van der Waals surface area (Å²) in [5, 5.41) is 3.82. The first-order valence-electron chi connectivity index (χ1n) is 5.55. The van der Waals surface area contributed by atoms with Gasteiger partial charge in [-0.3, -0.25) is 4.79 Å². The molecule has 0 aliphatic carbocycles. The molecule has 7 heteroatoms. The van der Waals surface area contributed by atoms with Gasteiger partial charge in [0.05, 0.1) is 0 Å². The Morgan fingerprint density at radius 1 is 1.65 bits per heavy atom. The molecule has 1 saturated heterocycles. The summed E-state index contributed by atoms with van der Waals surface area (Å²) in [5.74, 6) is 0.266. The number of hydrogen-bond donors (Lipinski definition) is 3. The van der Waals surface area contributed by atoms with E-state index >= 15 is 0 Å². The number of nitrogens with two attached hydrogens (primary N) is 2. The first-order valence-corrected chi connectivity index (χ1v) is 6.32. The summed E-state index contributed by atoms with van der Waals surface area (Å²) in [5.41, 5.74) is 11.1. The minimum Gasteiger partial charge on any atom is -0.382 e. The maximum Gasteiger partial charge on any atom is 0.255 e. The van der Waals surface area contributed by atoms with E-state index in [1.165, 1.54) is 11.5 Å². The van der Waals surface area contributed by atoms with E-state index in [9.17, 15) is 4.79 Å². The van der Waals surface area contributed by atoms with Crippen molar-refractivity contribution in [2.75, 3.05) is 30.8 Å². The second-order valence-electron chi connectivity index (χ2n) is 4.08. The van der Waals surface area contributed by atoms with Gasteiger partial charge in [-0.2, -0.15) is 4.37 Å². The third-order valence-electron chi connectivity index (χ3n) is 2.83. The quantitative estimate of drug-likeness (QED) is 0.718. The van der Waals surface area contributed by atoms with Crippen molar-refractivity contribution in [2.24, 2.45) is 11.7 Å². The van der Waals surface area contributed by atoms with Crippen LogP contribution in [-0.4, -0.2) is 30.0 Å². The molecule has 1 unspecified atom stereocenters. The molecule has 1 aromatic heterocycles. The second kappa shape index (κ2) is 5.33. The number of primary amides is 1. The Kier molecular flexibility index (Phi) is 3.80. The normalized spacial score (nSPS) is 19.4. The van der Waals surface area contributed by atoms with Gasteiger partial charge < -0.3 is 21.5 Å². The minimum absolute atomic E-state index is 0.203. The largest absolute Gasteiger partial charge is 0.382 e. The molecule has 1 aliphatic heterocycles. The number of ether oxygens (including phenoxy) is 1. The fourth-order valence-electron chi connectivity index (χ4n) is 1.86. The highest BCUT2D eigenvalue weighted by Crippen LogP contribution is 2.26. The first-order chi connectivity index (χ1) is 8.18. The molecule has 2 rings (SSSR count). The zero-order valence-corrected chi connectivity index (χ0v) is 10.3. The highest BCUT2D eigenvalue weighted by atomic mass is 32.1. The van der Waals surface area contributed by atoms with Gasteiger partial charge in [-0.05, 0) is 30.3 Å². The van der Waals surface area contributed by atoms with Crippen molar-refractivity contribution in [1.29, 1.82) is 0 Å². The Bertz CT molecular complexity index is 401. The monoisotopic (exact) mass is 256 g/mol. The Morgan fingerprint density at radius 2 is 2.47 bits per heavy atom. The third kappa shape index (κ3) is 2.86. The number of hydrogen-bond acceptors (Lipinski definition) is 6. The second-order valence-corrected chi connectivity index (χ2v) is 4.85. The molecule has 1 fully saturated rings. The van der Waals surface area contributed by atoms with Crippen molar-refractivity contribution < 1.29 is 9.53 Å². The molecule has 0 aromatic carbocycles. The van der Waals surface area contributed by atoms with Gasteiger partial charge in [-0.25, -0.2) is 0 Å². The molecule has 1 amide bonds. The molecule has 17 heavy (non-hydrogen) atoms. The predicted molar refractivity (Wildman–Crippen MR) is 67.1 cm³/mol. The summed E-state index contributed by atoms with van der Waals surface area (Å²) in [4.78, 5) is 11.2. The predicted octanol–water partition coefficient (Wildman–Crippen LogP) is 0.663. The van der Waals surface area contributed by atoms with Crippen LogP contribution in [0.3, 0.4) is 0 Å². The number of carbonyl (C=O) groups excluding carboxylic acids is 1. The number of nitrogens with one attached hydrogen (secondary N) is 1. The molecular weight excluding hydrogens is 240 g/mol. The lowest BCUT2D eigenvalue weighted by molar-refractivity contribution is 0.100. The number of carbonyl (C=O) groups is 1. The van der Waals surface area contributed by atoms with E-state index in [1.807, 2.05) is 0 Å². The molecular formula is C10H16N4O2S. The van der Waals surface area contributed by atoms with Crippen molar-refractivity contribution in [2.45, 2.75) is 12.8 Å². The number of nitrogens with zero attached hydrogens (tertiary/aromatic N) is 1. The molecule has 5 N–H and O–H groups in total. The van der Waals surface area contributed by atoms with Crippen LogP contribution in [0.1, 0.15) is 23.2 Å². The van der Waals surface area contributed by atoms with Crippen LogP contribution in [0.4, 0.5) is 10.8 Å². The van der Waals surface area contributed by atoms with Gasteiger partial charge in [-0.1, -0.05) is 0 Å². The lowest BCUT2D eigenvalue weighted by Gasteiger charge is -2.08. The molecule has 0 spiro atoms. The molecule has 0 saturated carbocycles. The summed E-state index contributed by atoms with van der Waals surface area (Å²) in [6, 6.07) is 0. The summed E-state index contributed by atoms with van der Waals surface area (Å²) in [7, 11) is 0. The topological polar surface area (TPSA) is 103 Å². The van der Waals surface area contributed by atoms with Gasteiger partial charge in [0.15, 0.2) is 5.82 Å². The Hall–Kier alpha value is -1.34. The van der Waals surface area contributed by atoms with Crippen molar-refractivity contribution >= 4 is 28.3 Å². The van der Waals surface area contributed by atoms with Crippen molar-refractivity contribution in [3.63, 3.8) is 0 Å². The van der Waals surface area contributed by atoms with Crippen molar-refractivity contribution in [3.05, 3.63) is 5.56 Å². The maximum atomic E-state index is 11.2. The van der Waals surface area contributed by atoms with Crippen LogP contribution >= 0.6 is 11.5 Å². The highest BCUT2D eigenvalue weighted by Gasteiger charge is 2.18. The summed E-state index contributed by atoms with van der Waals surface area (Å²) < 4.78 is 9.21. The first kappa shape index (κ1) is 12.1. The molecule has 0 radical (unpaired) electrons. The molecule has 94 valence electrons. The van der Waals surface area contributed by atoms with Crippen LogP contribution in [0.5, 0.6) is 0 Å². The van der Waals surface area contributed by atoms with E-state index in [0.717, 1.165) is 32.6 Å². The van der Waals surface area contributed by atoms with Crippen LogP contribution in [-0.2, 0) is 4.74 Å². The number of anilines is 2. The summed E-state index contributed by atoms with van der Waals surface area (Å²) in [6.45, 7) is 2.45. The summed E-state index contributed by atoms with van der Waals surface area (Å²) in [6.07, 6.45) is 2.12. The fraction of sp³-hybridized carbons (Fsp3) is 0.600. The van der Waals surface area contributed by atoms with E-state index in [2.05, 4.69) is 9.69 Å². The zero-order valence-electron chi connectivity index (χ0n) is 9.44. The lowest BCUT2D eigenvalue weighted by atomic mass is 10.1. The molecule has 0 bridgehead atoms. The van der Waals surface area contributed by atoms with E-state index in [1.54, 1.807) is 0 Å². The standard InChI is InChI=1S/C10H16N4O2S/c11-8-7(9(12)15)10(17-14-8)13-3-1-6-2-4-16-5-6/h6,13H,1-5H2,(H2,11,14)(H2,12,15). The Labute approximate surface area is 103 Å². The summed E-state index contributed by atoms with van der Waals surface area (Å²) >= 11 is 1.17. The van der Waals surface area contributed by atoms with Gasteiger partial charge in [0.1, 0.15) is 10.6 Å². The van der Waals surface area contributed by atoms with Crippen LogP contribution in [0.15, 0.2) is 0 Å². The number of rotatable bonds is 5. The van der Waals surface area contributed by atoms with Crippen LogP contribution in [0, 0.1) is 5.92 Å². The molecule has 1 atom stereocenters. The van der Waals surface area contributed by atoms with Crippen molar-refractivity contribution in [1.82, 2.24) is 4.37 Å². The van der Waals surface area contributed by atoms with E-state index < -0.39 is 5.91 Å². The van der Waals surface area contributed by atoms with Gasteiger partial charge in [-0.15, -0.1) is 0 Å². The van der Waals surface area contributed by atoms with Gasteiger partial charge in [0, 0.05) is 19.8 Å². The van der Waals surface area contributed by atoms with Crippen LogP contribution in [0.2, 0.25) is 0 Å². The van der Waals surface area contributed by atoms with E-state index in [-0.39, 0.29) is 5.82 Å². The smallest absolute Gasteiger partial charge is 0.255 e. The van der Waals surface area contributed by atoms with E-state index in [0.29, 0.717) is 16.5 Å². The molecule has 1 aromatic rings. The van der Waals surface area contributed by atoms with Crippen LogP contribution < -0.4 is 16.8 Å². The molecule has 1 aliphatic rings. The van der Waals surface area contributed by atoms with Gasteiger partial charge in [0.25, 0.3) is 5.91 Å². The Morgan fingerprint density at radius 3 is 3.12 bits per heavy atom. The molecule has 6 nitrogen and oxygen atoms in total. The maximum absolute atomic E-state index is 11.2. The number of amides is 1. The fourth-order valence-corrected chi connectivity index (χ4v) is 2.61. The average molecular weight is 256 g/mol. The Balaban J connectivity index is 1.88. The van der Waals surface area contributed by atoms with Gasteiger partial charge >= 0.3 is 0 Å². The van der Waals surface area contributed by atoms with E-state index in [4.69, 9.17) is 16.2 Å². The van der Waals surface area contributed by atoms with Crippen molar-refractivity contribution in [3.8, 4) is 0 Å². The third-order valence-corrected chi connectivity index (χ3v) is 3.65. The number of aromatic nitrogens is 1. The minimum atomic E-state index is -0.539. The number of nitrogen functional groups attached to an aromatic ring is 1. The SMILES string of the molecule is NC(=O)c1c(N)nsc1NCCC1CCOC1.